The van der Waals surface area contributed by atoms with E-state index in [0.29, 0.717) is 19.3 Å². The lowest BCUT2D eigenvalue weighted by atomic mass is 9.90. The van der Waals surface area contributed by atoms with Crippen molar-refractivity contribution in [3.05, 3.63) is 144 Å². The van der Waals surface area contributed by atoms with Crippen molar-refractivity contribution >= 4 is 29.5 Å². The van der Waals surface area contributed by atoms with Crippen LogP contribution >= 0.6 is 0 Å². The summed E-state index contributed by atoms with van der Waals surface area (Å²) < 4.78 is 0. The van der Waals surface area contributed by atoms with Crippen molar-refractivity contribution in [2.24, 2.45) is 17.2 Å². The van der Waals surface area contributed by atoms with E-state index in [0.717, 1.165) is 22.3 Å². The number of amides is 5. The summed E-state index contributed by atoms with van der Waals surface area (Å²) in [4.78, 5) is 79.8. The van der Waals surface area contributed by atoms with Crippen LogP contribution in [-0.4, -0.2) is 139 Å². The van der Waals surface area contributed by atoms with Gasteiger partial charge in [-0.2, -0.15) is 0 Å². The molecule has 60 heavy (non-hydrogen) atoms. The minimum atomic E-state index is -0.446. The van der Waals surface area contributed by atoms with Crippen LogP contribution in [0.15, 0.2) is 121 Å². The molecule has 1 heterocycles. The summed E-state index contributed by atoms with van der Waals surface area (Å²) in [5.41, 5.74) is 21.6. The Kier molecular flexibility index (Phi) is 17.8. The van der Waals surface area contributed by atoms with Crippen molar-refractivity contribution in [2.75, 3.05) is 85.1 Å². The molecular formula is C47H60N8O5. The molecule has 0 aliphatic carbocycles. The average molecular weight is 817 g/mol. The van der Waals surface area contributed by atoms with E-state index < -0.39 is 29.5 Å². The Bertz CT molecular complexity index is 1790. The lowest BCUT2D eigenvalue weighted by Crippen LogP contribution is -2.51. The van der Waals surface area contributed by atoms with Crippen LogP contribution in [0, 0.1) is 0 Å². The molecule has 5 amide bonds. The van der Waals surface area contributed by atoms with Crippen LogP contribution < -0.4 is 17.2 Å². The zero-order valence-electron chi connectivity index (χ0n) is 34.5. The Hall–Kier alpha value is -5.89. The molecule has 318 valence electrons. The molecule has 0 bridgehead atoms. The highest BCUT2D eigenvalue weighted by molar-refractivity contribution is 5.93. The van der Waals surface area contributed by atoms with Gasteiger partial charge in [-0.3, -0.25) is 24.0 Å². The number of nitrogens with zero attached hydrogens (tertiary/aromatic N) is 5. The van der Waals surface area contributed by atoms with Crippen LogP contribution in [0.2, 0.25) is 0 Å². The first-order valence-corrected chi connectivity index (χ1v) is 20.9. The van der Waals surface area contributed by atoms with Crippen molar-refractivity contribution in [1.82, 2.24) is 24.5 Å². The molecule has 13 heteroatoms. The maximum Gasteiger partial charge on any atom is 0.242 e. The molecule has 1 saturated heterocycles. The number of hydrogen-bond donors (Lipinski definition) is 3. The summed E-state index contributed by atoms with van der Waals surface area (Å²) in [5.74, 6) is -2.85. The second-order valence-corrected chi connectivity index (χ2v) is 15.2. The molecule has 5 rings (SSSR count). The molecule has 1 fully saturated rings. The topological polar surface area (TPSA) is 180 Å². The van der Waals surface area contributed by atoms with Crippen LogP contribution in [0.4, 0.5) is 0 Å². The van der Waals surface area contributed by atoms with E-state index in [-0.39, 0.29) is 96.9 Å². The highest BCUT2D eigenvalue weighted by atomic mass is 16.2. The van der Waals surface area contributed by atoms with E-state index in [1.165, 1.54) is 24.5 Å². The van der Waals surface area contributed by atoms with Crippen molar-refractivity contribution in [1.29, 1.82) is 0 Å². The number of carbonyl (C=O) groups excluding carboxylic acids is 5. The fraction of sp³-hybridized carbons (Fsp3) is 0.383. The molecule has 4 aromatic rings. The average Bonchev–Trinajstić information content (AvgIpc) is 3.28. The van der Waals surface area contributed by atoms with Crippen LogP contribution in [0.5, 0.6) is 0 Å². The molecule has 0 atom stereocenters. The Morgan fingerprint density at radius 1 is 0.350 bits per heavy atom. The predicted molar refractivity (Wildman–Crippen MR) is 233 cm³/mol. The van der Waals surface area contributed by atoms with Gasteiger partial charge < -0.3 is 41.7 Å². The Labute approximate surface area is 354 Å². The molecule has 0 spiro atoms. The molecule has 1 aliphatic heterocycles. The lowest BCUT2D eigenvalue weighted by molar-refractivity contribution is -0.146. The Balaban J connectivity index is 1.59. The number of carbonyl (C=O) groups is 5. The predicted octanol–water partition coefficient (Wildman–Crippen LogP) is 2.85. The maximum atomic E-state index is 14.7. The third kappa shape index (κ3) is 13.1. The van der Waals surface area contributed by atoms with Crippen LogP contribution in [0.25, 0.3) is 0 Å². The summed E-state index contributed by atoms with van der Waals surface area (Å²) in [7, 11) is 0. The molecular weight excluding hydrogens is 757 g/mol. The highest BCUT2D eigenvalue weighted by Gasteiger charge is 2.33. The van der Waals surface area contributed by atoms with Gasteiger partial charge in [0.2, 0.25) is 29.5 Å². The first-order valence-electron chi connectivity index (χ1n) is 20.9. The molecule has 6 N–H and O–H groups in total. The monoisotopic (exact) mass is 816 g/mol. The van der Waals surface area contributed by atoms with Gasteiger partial charge in [0.05, 0.1) is 32.7 Å². The van der Waals surface area contributed by atoms with Crippen LogP contribution in [0.1, 0.15) is 53.4 Å². The summed E-state index contributed by atoms with van der Waals surface area (Å²) >= 11 is 0. The van der Waals surface area contributed by atoms with Gasteiger partial charge in [0.1, 0.15) is 0 Å². The fourth-order valence-corrected chi connectivity index (χ4v) is 7.54. The molecule has 0 saturated carbocycles. The second-order valence-electron chi connectivity index (χ2n) is 15.2. The largest absolute Gasteiger partial charge is 0.332 e. The van der Waals surface area contributed by atoms with Gasteiger partial charge in [0.15, 0.2) is 0 Å². The van der Waals surface area contributed by atoms with Gasteiger partial charge >= 0.3 is 0 Å². The molecule has 13 nitrogen and oxygen atoms in total. The summed E-state index contributed by atoms with van der Waals surface area (Å²) in [5, 5.41) is 0. The van der Waals surface area contributed by atoms with Crippen molar-refractivity contribution in [2.45, 2.75) is 31.1 Å². The second kappa shape index (κ2) is 23.6. The molecule has 0 aromatic heterocycles. The van der Waals surface area contributed by atoms with Crippen LogP contribution in [0.3, 0.4) is 0 Å². The summed E-state index contributed by atoms with van der Waals surface area (Å²) in [6.45, 7) is -0.0936. The van der Waals surface area contributed by atoms with Crippen molar-refractivity contribution in [3.63, 3.8) is 0 Å². The van der Waals surface area contributed by atoms with E-state index in [1.54, 1.807) is 0 Å². The zero-order valence-corrected chi connectivity index (χ0v) is 34.5. The number of hydrogen-bond acceptors (Lipinski definition) is 8. The van der Waals surface area contributed by atoms with Crippen molar-refractivity contribution < 1.29 is 24.0 Å². The smallest absolute Gasteiger partial charge is 0.242 e. The fourth-order valence-electron chi connectivity index (χ4n) is 7.54. The maximum absolute atomic E-state index is 14.7. The SMILES string of the molecule is NCCCN1CC(=O)N(CC(c2ccccc2)c2ccccc2)CC(=O)N(CCCN)CC(=O)N(CC(c2ccccc2)c2ccccc2)CC(=O)N(CCCN)CC1=O. The third-order valence-electron chi connectivity index (χ3n) is 10.9. The third-order valence-corrected chi connectivity index (χ3v) is 10.9. The first-order chi connectivity index (χ1) is 29.2. The van der Waals surface area contributed by atoms with Crippen molar-refractivity contribution in [3.8, 4) is 0 Å². The zero-order chi connectivity index (χ0) is 42.7. The summed E-state index contributed by atoms with van der Waals surface area (Å²) in [6, 6.07) is 39.0. The van der Waals surface area contributed by atoms with Gasteiger partial charge in [0, 0.05) is 44.6 Å². The van der Waals surface area contributed by atoms with Gasteiger partial charge in [-0.05, 0) is 61.2 Å². The number of rotatable bonds is 17. The molecule has 0 radical (unpaired) electrons. The van der Waals surface area contributed by atoms with Gasteiger partial charge in [-0.1, -0.05) is 121 Å². The van der Waals surface area contributed by atoms with Crippen LogP contribution in [-0.2, 0) is 24.0 Å². The van der Waals surface area contributed by atoms with E-state index in [4.69, 9.17) is 17.2 Å². The number of benzene rings is 4. The Morgan fingerprint density at radius 3 is 0.800 bits per heavy atom. The minimum absolute atomic E-state index is 0.124. The van der Waals surface area contributed by atoms with Gasteiger partial charge in [0.25, 0.3) is 0 Å². The van der Waals surface area contributed by atoms with Gasteiger partial charge in [-0.25, -0.2) is 0 Å². The Morgan fingerprint density at radius 2 is 0.567 bits per heavy atom. The van der Waals surface area contributed by atoms with E-state index >= 15 is 0 Å². The lowest BCUT2D eigenvalue weighted by Gasteiger charge is -2.33. The standard InChI is InChI=1S/C47H60N8O5/c48-24-13-27-51-32-43(56)52(28-14-25-49)33-46(59)55(31-42(39-20-9-3-10-21-39)40-22-11-4-12-23-40)36-45(58)53(29-15-26-50)34-47(60)54(35-44(51)57)30-41(37-16-5-1-6-17-37)38-18-7-2-8-19-38/h1-12,16-23,41-42H,13-15,24-36,48-50H2. The first kappa shape index (κ1) is 45.2. The molecule has 4 aromatic carbocycles. The molecule has 0 unspecified atom stereocenters. The molecule has 1 aliphatic rings. The van der Waals surface area contributed by atoms with E-state index in [2.05, 4.69) is 0 Å². The quantitative estimate of drug-likeness (QED) is 0.146. The minimum Gasteiger partial charge on any atom is -0.332 e. The highest BCUT2D eigenvalue weighted by Crippen LogP contribution is 2.28. The van der Waals surface area contributed by atoms with E-state index in [9.17, 15) is 24.0 Å². The summed E-state index contributed by atoms with van der Waals surface area (Å²) in [6.07, 6.45) is 1.25. The normalized spacial score (nSPS) is 15.3. The van der Waals surface area contributed by atoms with Gasteiger partial charge in [-0.15, -0.1) is 0 Å². The van der Waals surface area contributed by atoms with E-state index in [1.807, 2.05) is 121 Å². The number of nitrogens with two attached hydrogens (primary N) is 3.